The summed E-state index contributed by atoms with van der Waals surface area (Å²) >= 11 is 0. The molecule has 0 aliphatic heterocycles. The van der Waals surface area contributed by atoms with Gasteiger partial charge in [0.05, 0.1) is 29.9 Å². The molecule has 0 fully saturated rings. The summed E-state index contributed by atoms with van der Waals surface area (Å²) in [6.45, 7) is 13.7. The van der Waals surface area contributed by atoms with Crippen molar-refractivity contribution in [2.45, 2.75) is 118 Å². The number of rotatable bonds is 24. The van der Waals surface area contributed by atoms with Crippen LogP contribution in [-0.2, 0) is 23.9 Å². The first-order chi connectivity index (χ1) is 29.0. The maximum atomic E-state index is 12.6. The average molecular weight is 846 g/mol. The highest BCUT2D eigenvalue weighted by Gasteiger charge is 2.23. The number of phenolic OH excluding ortho intramolecular Hbond substituents is 3. The molecule has 0 saturated carbocycles. The van der Waals surface area contributed by atoms with Crippen molar-refractivity contribution in [3.8, 4) is 68.7 Å². The fourth-order valence-corrected chi connectivity index (χ4v) is 6.06. The van der Waals surface area contributed by atoms with E-state index in [-0.39, 0.29) is 81.9 Å². The Hall–Kier alpha value is -6.12. The lowest BCUT2D eigenvalue weighted by Gasteiger charge is -2.16. The Morgan fingerprint density at radius 2 is 0.820 bits per heavy atom. The zero-order valence-corrected chi connectivity index (χ0v) is 36.1. The molecule has 1 aromatic heterocycles. The van der Waals surface area contributed by atoms with Gasteiger partial charge in [0.2, 0.25) is 0 Å². The largest absolute Gasteiger partial charge is 0.507 e. The molecule has 0 amide bonds. The van der Waals surface area contributed by atoms with Crippen molar-refractivity contribution < 1.29 is 58.5 Å². The van der Waals surface area contributed by atoms with Gasteiger partial charge in [0.1, 0.15) is 34.5 Å². The molecule has 0 radical (unpaired) electrons. The van der Waals surface area contributed by atoms with Gasteiger partial charge in [0.15, 0.2) is 35.8 Å². The van der Waals surface area contributed by atoms with E-state index in [1.165, 1.54) is 61.5 Å². The van der Waals surface area contributed by atoms with Crippen molar-refractivity contribution in [2.75, 3.05) is 13.2 Å². The summed E-state index contributed by atoms with van der Waals surface area (Å²) in [5.74, 6) is -1.79. The molecule has 0 bridgehead atoms. The number of nitrogens with zero attached hydrogens (tertiary/aromatic N) is 3. The van der Waals surface area contributed by atoms with Gasteiger partial charge in [-0.05, 0) is 81.8 Å². The van der Waals surface area contributed by atoms with Crippen LogP contribution in [0.5, 0.6) is 34.5 Å². The molecule has 4 rings (SSSR count). The quantitative estimate of drug-likeness (QED) is 0.0382. The molecule has 0 saturated heterocycles. The van der Waals surface area contributed by atoms with Crippen molar-refractivity contribution in [2.24, 2.45) is 11.8 Å². The second kappa shape index (κ2) is 23.0. The summed E-state index contributed by atoms with van der Waals surface area (Å²) in [6, 6.07) is 12.7. The van der Waals surface area contributed by atoms with Crippen molar-refractivity contribution in [1.29, 1.82) is 0 Å². The number of ether oxygens (including phenoxy) is 5. The van der Waals surface area contributed by atoms with Gasteiger partial charge in [-0.1, -0.05) is 66.2 Å². The SMILES string of the molecule is CC(C)CCCCCOC(=O)C(C)Oc1ccc(-c2nc(-c3ccc(OC(C)C(=O)O)cc3O)nc(-c3ccc(OC(C)C(=O)OCCCCCC(C)C)cc3O)n2)c(O)c1. The lowest BCUT2D eigenvalue weighted by molar-refractivity contribution is -0.152. The van der Waals surface area contributed by atoms with Crippen LogP contribution >= 0.6 is 0 Å². The van der Waals surface area contributed by atoms with Crippen LogP contribution in [0.1, 0.15) is 99.8 Å². The highest BCUT2D eigenvalue weighted by molar-refractivity contribution is 5.77. The average Bonchev–Trinajstić information content (AvgIpc) is 3.20. The first kappa shape index (κ1) is 47.6. The minimum absolute atomic E-state index is 0.0616. The van der Waals surface area contributed by atoms with E-state index in [2.05, 4.69) is 42.6 Å². The van der Waals surface area contributed by atoms with Crippen molar-refractivity contribution in [1.82, 2.24) is 15.0 Å². The van der Waals surface area contributed by atoms with Crippen molar-refractivity contribution in [3.05, 3.63) is 54.6 Å². The van der Waals surface area contributed by atoms with E-state index in [4.69, 9.17) is 23.7 Å². The fraction of sp³-hybridized carbons (Fsp3) is 0.478. The summed E-state index contributed by atoms with van der Waals surface area (Å²) in [5.41, 5.74) is 0.337. The lowest BCUT2D eigenvalue weighted by Crippen LogP contribution is -2.26. The van der Waals surface area contributed by atoms with Gasteiger partial charge in [-0.25, -0.2) is 29.3 Å². The predicted molar refractivity (Wildman–Crippen MR) is 228 cm³/mol. The molecule has 0 aliphatic rings. The molecule has 3 atom stereocenters. The Bertz CT molecular complexity index is 1980. The van der Waals surface area contributed by atoms with Gasteiger partial charge < -0.3 is 44.1 Å². The van der Waals surface area contributed by atoms with E-state index in [0.717, 1.165) is 51.4 Å². The molecule has 3 unspecified atom stereocenters. The second-order valence-electron chi connectivity index (χ2n) is 15.8. The topological polar surface area (TPSA) is 217 Å². The van der Waals surface area contributed by atoms with Gasteiger partial charge in [-0.2, -0.15) is 0 Å². The highest BCUT2D eigenvalue weighted by Crippen LogP contribution is 2.38. The molecular weight excluding hydrogens is 787 g/mol. The number of carbonyl (C=O) groups excluding carboxylic acids is 2. The zero-order valence-electron chi connectivity index (χ0n) is 36.1. The molecule has 1 heterocycles. The summed E-state index contributed by atoms with van der Waals surface area (Å²) in [7, 11) is 0. The molecule has 0 aliphatic carbocycles. The maximum Gasteiger partial charge on any atom is 0.347 e. The Balaban J connectivity index is 1.58. The minimum atomic E-state index is -1.20. The normalized spacial score (nSPS) is 12.7. The van der Waals surface area contributed by atoms with Crippen LogP contribution in [0, 0.1) is 11.8 Å². The lowest BCUT2D eigenvalue weighted by atomic mass is 10.1. The maximum absolute atomic E-state index is 12.6. The number of aromatic hydroxyl groups is 3. The number of aliphatic carboxylic acids is 1. The zero-order chi connectivity index (χ0) is 44.6. The number of hydrogen-bond acceptors (Lipinski definition) is 14. The smallest absolute Gasteiger partial charge is 0.347 e. The number of esters is 2. The standard InChI is InChI=1S/C46H59N3O12/c1-27(2)14-10-8-12-22-57-45(55)30(6)60-33-17-20-36(39(51)25-33)42-47-41(35-19-16-32(24-38(35)50)59-29(5)44(53)54)48-43(49-42)37-21-18-34(26-40(37)52)61-31(7)46(56)58-23-13-9-11-15-28(3)4/h16-21,24-31,50-52H,8-15,22-23H2,1-7H3,(H,53,54). The molecule has 4 N–H and O–H groups in total. The summed E-state index contributed by atoms with van der Waals surface area (Å²) in [6.07, 6.45) is 4.66. The van der Waals surface area contributed by atoms with Crippen LogP contribution in [0.2, 0.25) is 0 Å². The van der Waals surface area contributed by atoms with Crippen LogP contribution in [0.15, 0.2) is 54.6 Å². The van der Waals surface area contributed by atoms with Gasteiger partial charge in [-0.15, -0.1) is 0 Å². The van der Waals surface area contributed by atoms with Crippen LogP contribution in [0.3, 0.4) is 0 Å². The van der Waals surface area contributed by atoms with Gasteiger partial charge >= 0.3 is 17.9 Å². The van der Waals surface area contributed by atoms with E-state index >= 15 is 0 Å². The molecule has 61 heavy (non-hydrogen) atoms. The van der Waals surface area contributed by atoms with Gasteiger partial charge in [-0.3, -0.25) is 0 Å². The molecule has 0 spiro atoms. The Labute approximate surface area is 357 Å². The van der Waals surface area contributed by atoms with Crippen molar-refractivity contribution >= 4 is 17.9 Å². The molecule has 330 valence electrons. The van der Waals surface area contributed by atoms with Gasteiger partial charge in [0.25, 0.3) is 0 Å². The Morgan fingerprint density at radius 1 is 0.492 bits per heavy atom. The van der Waals surface area contributed by atoms with Crippen LogP contribution in [0.4, 0.5) is 0 Å². The number of carboxylic acid groups (broad SMARTS) is 1. The molecule has 15 heteroatoms. The van der Waals surface area contributed by atoms with Crippen molar-refractivity contribution in [3.63, 3.8) is 0 Å². The first-order valence-corrected chi connectivity index (χ1v) is 20.8. The third-order valence-corrected chi connectivity index (χ3v) is 9.56. The predicted octanol–water partition coefficient (Wildman–Crippen LogP) is 8.90. The van der Waals surface area contributed by atoms with Gasteiger partial charge in [0, 0.05) is 18.2 Å². The second-order valence-corrected chi connectivity index (χ2v) is 15.8. The number of carbonyl (C=O) groups is 3. The summed E-state index contributed by atoms with van der Waals surface area (Å²) in [5, 5.41) is 42.7. The summed E-state index contributed by atoms with van der Waals surface area (Å²) < 4.78 is 27.7. The molecule has 15 nitrogen and oxygen atoms in total. The molecule has 4 aromatic rings. The van der Waals surface area contributed by atoms with E-state index < -0.39 is 36.2 Å². The minimum Gasteiger partial charge on any atom is -0.507 e. The van der Waals surface area contributed by atoms with Crippen LogP contribution in [0.25, 0.3) is 34.2 Å². The number of phenols is 3. The fourth-order valence-electron chi connectivity index (χ4n) is 6.06. The number of unbranched alkanes of at least 4 members (excludes halogenated alkanes) is 4. The van der Waals surface area contributed by atoms with E-state index in [9.17, 15) is 34.8 Å². The van der Waals surface area contributed by atoms with E-state index in [1.807, 2.05) is 0 Å². The third kappa shape index (κ3) is 14.8. The van der Waals surface area contributed by atoms with Crippen LogP contribution < -0.4 is 14.2 Å². The highest BCUT2D eigenvalue weighted by atomic mass is 16.6. The van der Waals surface area contributed by atoms with E-state index in [1.54, 1.807) is 13.8 Å². The van der Waals surface area contributed by atoms with E-state index in [0.29, 0.717) is 11.8 Å². The number of carboxylic acids is 1. The molecule has 3 aromatic carbocycles. The molecular formula is C46H59N3O12. The number of hydrogen-bond donors (Lipinski definition) is 4. The van der Waals surface area contributed by atoms with Crippen LogP contribution in [-0.4, -0.2) is 84.8 Å². The summed E-state index contributed by atoms with van der Waals surface area (Å²) in [4.78, 5) is 50.2. The first-order valence-electron chi connectivity index (χ1n) is 20.8. The monoisotopic (exact) mass is 845 g/mol. The number of aromatic nitrogens is 3. The number of benzene rings is 3. The Morgan fingerprint density at radius 3 is 1.11 bits per heavy atom. The third-order valence-electron chi connectivity index (χ3n) is 9.56. The Kier molecular flexibility index (Phi) is 18.0.